The largest absolute Gasteiger partial charge is 0.427 e. The molecule has 0 aliphatic carbocycles. The summed E-state index contributed by atoms with van der Waals surface area (Å²) in [5, 5.41) is 0. The molecule has 1 aromatic carbocycles. The van der Waals surface area contributed by atoms with Gasteiger partial charge in [0.2, 0.25) is 0 Å². The monoisotopic (exact) mass is 422 g/mol. The van der Waals surface area contributed by atoms with Crippen molar-refractivity contribution in [3.05, 3.63) is 37.0 Å². The number of carbonyl (C=O) groups excluding carboxylic acids is 1. The van der Waals surface area contributed by atoms with Crippen LogP contribution < -0.4 is 4.74 Å². The van der Waals surface area contributed by atoms with Crippen LogP contribution in [0.25, 0.3) is 11.1 Å². The molecule has 2 rings (SSSR count). The average Bonchev–Trinajstić information content (AvgIpc) is 2.57. The first kappa shape index (κ1) is 13.0. The van der Waals surface area contributed by atoms with E-state index in [0.717, 1.165) is 14.9 Å². The van der Waals surface area contributed by atoms with Crippen LogP contribution in [0.4, 0.5) is 0 Å². The molecule has 2 aromatic rings. The van der Waals surface area contributed by atoms with Crippen LogP contribution >= 0.6 is 49.9 Å². The number of rotatable bonds is 2. The number of benzene rings is 1. The molecule has 0 unspecified atom stereocenters. The summed E-state index contributed by atoms with van der Waals surface area (Å²) in [4.78, 5) is 10.9. The van der Waals surface area contributed by atoms with Crippen LogP contribution in [0.3, 0.4) is 0 Å². The maximum Gasteiger partial charge on any atom is 0.308 e. The Balaban J connectivity index is 2.39. The van der Waals surface area contributed by atoms with Crippen molar-refractivity contribution in [2.45, 2.75) is 6.92 Å². The van der Waals surface area contributed by atoms with Crippen molar-refractivity contribution in [3.8, 4) is 16.9 Å². The summed E-state index contributed by atoms with van der Waals surface area (Å²) in [6.45, 7) is 1.40. The van der Waals surface area contributed by atoms with Gasteiger partial charge in [0.05, 0.1) is 6.67 Å². The first-order chi connectivity index (χ1) is 8.06. The molecule has 0 saturated heterocycles. The molecule has 0 spiro atoms. The molecular weight excluding hydrogens is 415 g/mol. The minimum Gasteiger partial charge on any atom is -0.427 e. The molecule has 1 aromatic heterocycles. The Morgan fingerprint density at radius 1 is 1.41 bits per heavy atom. The van der Waals surface area contributed by atoms with E-state index < -0.39 is 0 Å². The zero-order chi connectivity index (χ0) is 12.4. The van der Waals surface area contributed by atoms with Gasteiger partial charge in [0.15, 0.2) is 0 Å². The van der Waals surface area contributed by atoms with E-state index in [4.69, 9.17) is 4.74 Å². The van der Waals surface area contributed by atoms with Crippen molar-refractivity contribution < 1.29 is 9.53 Å². The van der Waals surface area contributed by atoms with Crippen molar-refractivity contribution in [1.82, 2.24) is 0 Å². The lowest BCUT2D eigenvalue weighted by molar-refractivity contribution is -0.131. The van der Waals surface area contributed by atoms with Crippen molar-refractivity contribution in [2.75, 3.05) is 0 Å². The number of ether oxygens (including phenoxy) is 1. The van der Waals surface area contributed by atoms with E-state index in [-0.39, 0.29) is 5.97 Å². The van der Waals surface area contributed by atoms with E-state index in [9.17, 15) is 4.79 Å². The quantitative estimate of drug-likeness (QED) is 0.398. The van der Waals surface area contributed by atoms with E-state index in [0.29, 0.717) is 5.75 Å². The Labute approximate surface area is 125 Å². The molecule has 0 radical (unpaired) electrons. The molecule has 0 saturated carbocycles. The molecule has 1 heterocycles. The van der Waals surface area contributed by atoms with Crippen molar-refractivity contribution in [3.63, 3.8) is 0 Å². The summed E-state index contributed by atoms with van der Waals surface area (Å²) in [7, 11) is 0. The van der Waals surface area contributed by atoms with E-state index in [1.165, 1.54) is 9.81 Å². The van der Waals surface area contributed by atoms with Crippen molar-refractivity contribution >= 4 is 55.8 Å². The van der Waals surface area contributed by atoms with Crippen LogP contribution in [0.5, 0.6) is 5.75 Å². The number of hydrogen-bond donors (Lipinski definition) is 0. The maximum atomic E-state index is 10.9. The Kier molecular flexibility index (Phi) is 4.22. The van der Waals surface area contributed by atoms with Gasteiger partial charge in [0.25, 0.3) is 0 Å². The average molecular weight is 423 g/mol. The predicted octanol–water partition coefficient (Wildman–Crippen LogP) is 4.71. The molecule has 17 heavy (non-hydrogen) atoms. The zero-order valence-corrected chi connectivity index (χ0v) is 13.4. The standard InChI is InChI=1S/C12H8BrIO2S/c1-7(15)16-9-4-2-3-8(5-9)10-6-11(14)17-12(10)13/h2-6H,1H3. The summed E-state index contributed by atoms with van der Waals surface area (Å²) in [5.41, 5.74) is 2.16. The highest BCUT2D eigenvalue weighted by molar-refractivity contribution is 14.1. The second kappa shape index (κ2) is 5.49. The Morgan fingerprint density at radius 3 is 2.76 bits per heavy atom. The molecule has 88 valence electrons. The second-order valence-electron chi connectivity index (χ2n) is 3.36. The van der Waals surface area contributed by atoms with E-state index in [1.54, 1.807) is 17.4 Å². The smallest absolute Gasteiger partial charge is 0.308 e. The van der Waals surface area contributed by atoms with Gasteiger partial charge in [0, 0.05) is 12.5 Å². The molecule has 0 amide bonds. The highest BCUT2D eigenvalue weighted by atomic mass is 127. The highest BCUT2D eigenvalue weighted by Crippen LogP contribution is 2.37. The zero-order valence-electron chi connectivity index (χ0n) is 8.87. The minimum atomic E-state index is -0.305. The van der Waals surface area contributed by atoms with Crippen LogP contribution in [0, 0.1) is 2.88 Å². The number of thiophene rings is 1. The van der Waals surface area contributed by atoms with Gasteiger partial charge in [-0.25, -0.2) is 0 Å². The van der Waals surface area contributed by atoms with E-state index in [1.807, 2.05) is 18.2 Å². The molecule has 5 heteroatoms. The summed E-state index contributed by atoms with van der Waals surface area (Å²) in [6.07, 6.45) is 0. The highest BCUT2D eigenvalue weighted by Gasteiger charge is 2.08. The van der Waals surface area contributed by atoms with Gasteiger partial charge in [-0.1, -0.05) is 12.1 Å². The molecule has 0 aliphatic rings. The third-order valence-corrected chi connectivity index (χ3v) is 4.66. The lowest BCUT2D eigenvalue weighted by Crippen LogP contribution is -2.00. The Bertz CT molecular complexity index is 565. The van der Waals surface area contributed by atoms with Gasteiger partial charge >= 0.3 is 5.97 Å². The summed E-state index contributed by atoms with van der Waals surface area (Å²) in [5.74, 6) is 0.268. The molecular formula is C12H8BrIO2S. The van der Waals surface area contributed by atoms with Gasteiger partial charge in [0.1, 0.15) is 5.75 Å². The number of carbonyl (C=O) groups is 1. The molecule has 0 fully saturated rings. The van der Waals surface area contributed by atoms with Gasteiger partial charge in [-0.15, -0.1) is 11.3 Å². The molecule has 0 N–H and O–H groups in total. The normalized spacial score (nSPS) is 10.3. The number of halogens is 2. The Morgan fingerprint density at radius 2 is 2.18 bits per heavy atom. The third kappa shape index (κ3) is 3.29. The predicted molar refractivity (Wildman–Crippen MR) is 81.5 cm³/mol. The van der Waals surface area contributed by atoms with Crippen LogP contribution in [0.1, 0.15) is 6.92 Å². The van der Waals surface area contributed by atoms with Gasteiger partial charge in [-0.05, 0) is 62.3 Å². The fourth-order valence-electron chi connectivity index (χ4n) is 1.43. The second-order valence-corrected chi connectivity index (χ2v) is 7.62. The summed E-state index contributed by atoms with van der Waals surface area (Å²) >= 11 is 7.50. The molecule has 2 nitrogen and oxygen atoms in total. The maximum absolute atomic E-state index is 10.9. The SMILES string of the molecule is CC(=O)Oc1cccc(-c2cc(I)sc2Br)c1. The lowest BCUT2D eigenvalue weighted by atomic mass is 10.1. The van der Waals surface area contributed by atoms with Gasteiger partial charge < -0.3 is 4.74 Å². The minimum absolute atomic E-state index is 0.305. The summed E-state index contributed by atoms with van der Waals surface area (Å²) < 4.78 is 7.37. The first-order valence-electron chi connectivity index (χ1n) is 4.80. The van der Waals surface area contributed by atoms with Gasteiger partial charge in [-0.3, -0.25) is 4.79 Å². The van der Waals surface area contributed by atoms with Crippen molar-refractivity contribution in [2.24, 2.45) is 0 Å². The Hall–Kier alpha value is -0.400. The first-order valence-corrected chi connectivity index (χ1v) is 7.49. The van der Waals surface area contributed by atoms with Crippen molar-refractivity contribution in [1.29, 1.82) is 0 Å². The fraction of sp³-hybridized carbons (Fsp3) is 0.0833. The van der Waals surface area contributed by atoms with Crippen LogP contribution in [0.15, 0.2) is 34.1 Å². The third-order valence-electron chi connectivity index (χ3n) is 2.06. The molecule has 0 atom stereocenters. The molecule has 0 bridgehead atoms. The summed E-state index contributed by atoms with van der Waals surface area (Å²) in [6, 6.07) is 9.61. The molecule has 0 aliphatic heterocycles. The van der Waals surface area contributed by atoms with Crippen LogP contribution in [0.2, 0.25) is 0 Å². The van der Waals surface area contributed by atoms with Crippen LogP contribution in [-0.2, 0) is 4.79 Å². The van der Waals surface area contributed by atoms with E-state index >= 15 is 0 Å². The fourth-order valence-corrected chi connectivity index (χ4v) is 4.81. The number of esters is 1. The van der Waals surface area contributed by atoms with Crippen LogP contribution in [-0.4, -0.2) is 5.97 Å². The topological polar surface area (TPSA) is 26.3 Å². The number of hydrogen-bond acceptors (Lipinski definition) is 3. The lowest BCUT2D eigenvalue weighted by Gasteiger charge is -2.04. The van der Waals surface area contributed by atoms with E-state index in [2.05, 4.69) is 44.6 Å². The van der Waals surface area contributed by atoms with Gasteiger partial charge in [-0.2, -0.15) is 0 Å².